The predicted molar refractivity (Wildman–Crippen MR) is 93.2 cm³/mol. The zero-order valence-electron chi connectivity index (χ0n) is 13.2. The minimum atomic E-state index is -0.339. The van der Waals surface area contributed by atoms with Crippen LogP contribution in [0.3, 0.4) is 0 Å². The van der Waals surface area contributed by atoms with Gasteiger partial charge in [0.15, 0.2) is 5.78 Å². The lowest BCUT2D eigenvalue weighted by Crippen LogP contribution is -2.14. The lowest BCUT2D eigenvalue weighted by atomic mass is 10.1. The van der Waals surface area contributed by atoms with E-state index in [1.807, 2.05) is 31.2 Å². The highest BCUT2D eigenvalue weighted by atomic mass is 16.5. The highest BCUT2D eigenvalue weighted by molar-refractivity contribution is 6.07. The Kier molecular flexibility index (Phi) is 5.69. The van der Waals surface area contributed by atoms with Crippen molar-refractivity contribution in [3.05, 3.63) is 76.0 Å². The summed E-state index contributed by atoms with van der Waals surface area (Å²) in [5.74, 6) is 0.366. The number of ether oxygens (including phenoxy) is 1. The average Bonchev–Trinajstić information content (AvgIpc) is 2.75. The number of carbonyl (C=O) groups excluding carboxylic acids is 1. The minimum Gasteiger partial charge on any atom is -0.493 e. The van der Waals surface area contributed by atoms with Crippen molar-refractivity contribution in [1.82, 2.24) is 0 Å². The summed E-state index contributed by atoms with van der Waals surface area (Å²) in [6.45, 7) is 2.45. The summed E-state index contributed by atoms with van der Waals surface area (Å²) in [4.78, 5) is 24.6. The van der Waals surface area contributed by atoms with E-state index in [1.165, 1.54) is 12.1 Å². The van der Waals surface area contributed by atoms with Crippen molar-refractivity contribution in [2.45, 2.75) is 6.92 Å². The fourth-order valence-corrected chi connectivity index (χ4v) is 2.15. The molecule has 0 saturated carbocycles. The molecular formula is C19H19NO3. The van der Waals surface area contributed by atoms with Crippen LogP contribution in [-0.4, -0.2) is 19.4 Å². The number of ketones is 1. The number of anilines is 1. The second-order valence-corrected chi connectivity index (χ2v) is 4.79. The molecule has 0 aliphatic heterocycles. The normalized spacial score (nSPS) is 10.5. The fraction of sp³-hybridized carbons (Fsp3) is 0.158. The topological polar surface area (TPSA) is 55.4 Å². The molecule has 0 saturated heterocycles. The Morgan fingerprint density at radius 1 is 1.13 bits per heavy atom. The van der Waals surface area contributed by atoms with Gasteiger partial charge in [-0.3, -0.25) is 9.59 Å². The first kappa shape index (κ1) is 16.5. The van der Waals surface area contributed by atoms with Gasteiger partial charge in [0.25, 0.3) is 0 Å². The number of hydrogen-bond acceptors (Lipinski definition) is 4. The summed E-state index contributed by atoms with van der Waals surface area (Å²) in [5, 5.41) is 2.80. The van der Waals surface area contributed by atoms with E-state index in [0.717, 1.165) is 5.56 Å². The van der Waals surface area contributed by atoms with Gasteiger partial charge in [-0.05, 0) is 37.3 Å². The molecule has 0 heterocycles. The van der Waals surface area contributed by atoms with Gasteiger partial charge in [0.05, 0.1) is 17.9 Å². The van der Waals surface area contributed by atoms with Gasteiger partial charge < -0.3 is 10.1 Å². The molecule has 4 nitrogen and oxygen atoms in total. The van der Waals surface area contributed by atoms with E-state index >= 15 is 0 Å². The molecule has 4 heteroatoms. The lowest BCUT2D eigenvalue weighted by Gasteiger charge is -2.05. The summed E-state index contributed by atoms with van der Waals surface area (Å²) < 4.78 is 5.52. The van der Waals surface area contributed by atoms with E-state index in [-0.39, 0.29) is 16.8 Å². The van der Waals surface area contributed by atoms with Gasteiger partial charge in [-0.2, -0.15) is 0 Å². The minimum absolute atomic E-state index is 0.129. The molecule has 0 atom stereocenters. The zero-order valence-corrected chi connectivity index (χ0v) is 13.2. The van der Waals surface area contributed by atoms with Gasteiger partial charge in [0.1, 0.15) is 5.75 Å². The standard InChI is InChI=1S/C19H19NO3/c1-3-23-18-11-7-4-8-14(18)12-13-17(21)15-9-5-6-10-16(20-2)19(15)22/h4-13H,3H2,1-2H3,(H,20,22)/b13-12-. The molecule has 0 radical (unpaired) electrons. The molecule has 2 aromatic rings. The van der Waals surface area contributed by atoms with E-state index in [4.69, 9.17) is 4.74 Å². The summed E-state index contributed by atoms with van der Waals surface area (Å²) >= 11 is 0. The van der Waals surface area contributed by atoms with Crippen LogP contribution in [-0.2, 0) is 0 Å². The Bertz CT molecular complexity index is 781. The van der Waals surface area contributed by atoms with Crippen molar-refractivity contribution in [2.75, 3.05) is 19.0 Å². The number of carbonyl (C=O) groups is 1. The first-order chi connectivity index (χ1) is 11.2. The maximum absolute atomic E-state index is 12.4. The Morgan fingerprint density at radius 3 is 2.57 bits per heavy atom. The summed E-state index contributed by atoms with van der Waals surface area (Å²) in [7, 11) is 1.65. The number of benzene rings is 1. The third-order valence-electron chi connectivity index (χ3n) is 3.29. The summed E-state index contributed by atoms with van der Waals surface area (Å²) in [5.41, 5.74) is 1.00. The van der Waals surface area contributed by atoms with Crippen LogP contribution < -0.4 is 15.5 Å². The number of hydrogen-bond donors (Lipinski definition) is 1. The summed E-state index contributed by atoms with van der Waals surface area (Å²) in [6.07, 6.45) is 3.06. The van der Waals surface area contributed by atoms with Crippen LogP contribution in [0, 0.1) is 0 Å². The van der Waals surface area contributed by atoms with Crippen LogP contribution in [0.25, 0.3) is 6.08 Å². The van der Waals surface area contributed by atoms with Gasteiger partial charge in [0, 0.05) is 12.6 Å². The second kappa shape index (κ2) is 7.94. The van der Waals surface area contributed by atoms with Crippen molar-refractivity contribution in [3.63, 3.8) is 0 Å². The Labute approximate surface area is 135 Å². The molecule has 0 bridgehead atoms. The van der Waals surface area contributed by atoms with Crippen molar-refractivity contribution in [3.8, 4) is 5.75 Å². The molecular weight excluding hydrogens is 290 g/mol. The van der Waals surface area contributed by atoms with E-state index in [9.17, 15) is 9.59 Å². The first-order valence-electron chi connectivity index (χ1n) is 7.42. The molecule has 0 unspecified atom stereocenters. The van der Waals surface area contributed by atoms with Crippen LogP contribution in [0.2, 0.25) is 0 Å². The smallest absolute Gasteiger partial charge is 0.212 e. The van der Waals surface area contributed by atoms with Gasteiger partial charge >= 0.3 is 0 Å². The molecule has 2 aromatic carbocycles. The number of para-hydroxylation sites is 1. The first-order valence-corrected chi connectivity index (χ1v) is 7.42. The van der Waals surface area contributed by atoms with Gasteiger partial charge in [0.2, 0.25) is 5.43 Å². The number of allylic oxidation sites excluding steroid dienone is 1. The molecule has 0 aliphatic rings. The third kappa shape index (κ3) is 4.07. The quantitative estimate of drug-likeness (QED) is 0.656. The van der Waals surface area contributed by atoms with Crippen molar-refractivity contribution < 1.29 is 9.53 Å². The maximum Gasteiger partial charge on any atom is 0.212 e. The van der Waals surface area contributed by atoms with E-state index in [2.05, 4.69) is 5.32 Å². The van der Waals surface area contributed by atoms with Gasteiger partial charge in [-0.1, -0.05) is 30.3 Å². The molecule has 118 valence electrons. The van der Waals surface area contributed by atoms with Crippen molar-refractivity contribution >= 4 is 17.5 Å². The van der Waals surface area contributed by atoms with Crippen LogP contribution >= 0.6 is 0 Å². The Morgan fingerprint density at radius 2 is 1.83 bits per heavy atom. The SMILES string of the molecule is CCOc1ccccc1/C=C\C(=O)c1ccccc(NC)c1=O. The molecule has 0 spiro atoms. The van der Waals surface area contributed by atoms with E-state index < -0.39 is 0 Å². The monoisotopic (exact) mass is 309 g/mol. The fourth-order valence-electron chi connectivity index (χ4n) is 2.15. The molecule has 0 fully saturated rings. The number of nitrogens with one attached hydrogen (secondary N) is 1. The molecule has 0 aromatic heterocycles. The molecule has 0 aliphatic carbocycles. The average molecular weight is 309 g/mol. The summed E-state index contributed by atoms with van der Waals surface area (Å²) in [6, 6.07) is 14.0. The third-order valence-corrected chi connectivity index (χ3v) is 3.29. The molecule has 2 rings (SSSR count). The van der Waals surface area contributed by atoms with E-state index in [1.54, 1.807) is 31.3 Å². The molecule has 23 heavy (non-hydrogen) atoms. The molecule has 0 amide bonds. The van der Waals surface area contributed by atoms with E-state index in [0.29, 0.717) is 18.0 Å². The Hall–Kier alpha value is -2.88. The van der Waals surface area contributed by atoms with Crippen LogP contribution in [0.4, 0.5) is 5.69 Å². The van der Waals surface area contributed by atoms with Crippen molar-refractivity contribution in [1.29, 1.82) is 0 Å². The predicted octanol–water partition coefficient (Wildman–Crippen LogP) is 3.38. The molecule has 1 N–H and O–H groups in total. The van der Waals surface area contributed by atoms with Gasteiger partial charge in [-0.15, -0.1) is 0 Å². The Balaban J connectivity index is 2.34. The highest BCUT2D eigenvalue weighted by Gasteiger charge is 2.09. The second-order valence-electron chi connectivity index (χ2n) is 4.79. The van der Waals surface area contributed by atoms with Crippen molar-refractivity contribution in [2.24, 2.45) is 0 Å². The maximum atomic E-state index is 12.4. The van der Waals surface area contributed by atoms with Crippen LogP contribution in [0.1, 0.15) is 22.8 Å². The lowest BCUT2D eigenvalue weighted by molar-refractivity contribution is 0.104. The van der Waals surface area contributed by atoms with Crippen LogP contribution in [0.5, 0.6) is 5.75 Å². The van der Waals surface area contributed by atoms with Gasteiger partial charge in [-0.25, -0.2) is 0 Å². The number of rotatable bonds is 6. The zero-order chi connectivity index (χ0) is 16.7. The highest BCUT2D eigenvalue weighted by Crippen LogP contribution is 2.19. The largest absolute Gasteiger partial charge is 0.493 e. The van der Waals surface area contributed by atoms with Crippen LogP contribution in [0.15, 0.2) is 59.4 Å².